The molecule has 30 heavy (non-hydrogen) atoms. The molecule has 2 heterocycles. The topological polar surface area (TPSA) is 62.7 Å². The lowest BCUT2D eigenvalue weighted by atomic mass is 10.1. The van der Waals surface area contributed by atoms with Crippen LogP contribution < -0.4 is 9.64 Å². The van der Waals surface area contributed by atoms with Crippen LogP contribution >= 0.6 is 11.3 Å². The molecule has 0 N–H and O–H groups in total. The van der Waals surface area contributed by atoms with E-state index in [-0.39, 0.29) is 0 Å². The molecule has 0 amide bonds. The zero-order valence-corrected chi connectivity index (χ0v) is 19.0. The molecule has 0 unspecified atom stereocenters. The van der Waals surface area contributed by atoms with Crippen molar-refractivity contribution in [1.82, 2.24) is 9.29 Å². The Morgan fingerprint density at radius 1 is 1.00 bits per heavy atom. The van der Waals surface area contributed by atoms with Crippen LogP contribution in [-0.4, -0.2) is 51.0 Å². The highest BCUT2D eigenvalue weighted by Gasteiger charge is 2.30. The molecular weight excluding hydrogens is 418 g/mol. The second-order valence-corrected chi connectivity index (χ2v) is 10.3. The minimum Gasteiger partial charge on any atom is -0.497 e. The first-order valence-corrected chi connectivity index (χ1v) is 12.1. The summed E-state index contributed by atoms with van der Waals surface area (Å²) in [5.41, 5.74) is 3.48. The van der Waals surface area contributed by atoms with Gasteiger partial charge < -0.3 is 9.64 Å². The highest BCUT2D eigenvalue weighted by atomic mass is 32.2. The average Bonchev–Trinajstić information content (AvgIpc) is 3.20. The van der Waals surface area contributed by atoms with E-state index < -0.39 is 10.0 Å². The van der Waals surface area contributed by atoms with Gasteiger partial charge in [-0.05, 0) is 49.7 Å². The van der Waals surface area contributed by atoms with Gasteiger partial charge in [0.1, 0.15) is 5.75 Å². The molecule has 0 aliphatic carbocycles. The number of ether oxygens (including phenoxy) is 1. The molecule has 0 atom stereocenters. The van der Waals surface area contributed by atoms with Crippen molar-refractivity contribution in [1.29, 1.82) is 0 Å². The van der Waals surface area contributed by atoms with E-state index in [0.717, 1.165) is 33.3 Å². The largest absolute Gasteiger partial charge is 0.497 e. The summed E-state index contributed by atoms with van der Waals surface area (Å²) in [6, 6.07) is 13.4. The molecule has 1 aromatic heterocycles. The SMILES string of the molecule is COc1ccc(N2CCN(S(=O)(=O)c3cc(-c4csc(C)n4)ccc3C)CC2)cc1. The summed E-state index contributed by atoms with van der Waals surface area (Å²) in [6.45, 7) is 5.99. The van der Waals surface area contributed by atoms with Gasteiger partial charge in [-0.1, -0.05) is 12.1 Å². The van der Waals surface area contributed by atoms with E-state index in [1.165, 1.54) is 0 Å². The summed E-state index contributed by atoms with van der Waals surface area (Å²) in [6.07, 6.45) is 0. The third-order valence-electron chi connectivity index (χ3n) is 5.40. The van der Waals surface area contributed by atoms with Crippen molar-refractivity contribution in [2.45, 2.75) is 18.7 Å². The maximum atomic E-state index is 13.4. The second kappa shape index (κ2) is 8.37. The smallest absolute Gasteiger partial charge is 0.243 e. The van der Waals surface area contributed by atoms with Crippen LogP contribution in [0.1, 0.15) is 10.6 Å². The second-order valence-electron chi connectivity index (χ2n) is 7.32. The van der Waals surface area contributed by atoms with E-state index in [1.807, 2.05) is 55.6 Å². The van der Waals surface area contributed by atoms with Crippen molar-refractivity contribution in [3.63, 3.8) is 0 Å². The van der Waals surface area contributed by atoms with Gasteiger partial charge in [-0.2, -0.15) is 4.31 Å². The number of rotatable bonds is 5. The van der Waals surface area contributed by atoms with Crippen LogP contribution in [0.25, 0.3) is 11.3 Å². The number of aryl methyl sites for hydroxylation is 2. The lowest BCUT2D eigenvalue weighted by Crippen LogP contribution is -2.48. The summed E-state index contributed by atoms with van der Waals surface area (Å²) < 4.78 is 33.6. The molecule has 158 valence electrons. The maximum Gasteiger partial charge on any atom is 0.243 e. The van der Waals surface area contributed by atoms with Gasteiger partial charge in [-0.25, -0.2) is 13.4 Å². The molecule has 1 saturated heterocycles. The van der Waals surface area contributed by atoms with Gasteiger partial charge in [0, 0.05) is 42.8 Å². The zero-order chi connectivity index (χ0) is 21.3. The fraction of sp³-hybridized carbons (Fsp3) is 0.318. The average molecular weight is 444 g/mol. The minimum absolute atomic E-state index is 0.364. The van der Waals surface area contributed by atoms with Crippen molar-refractivity contribution in [3.05, 3.63) is 58.4 Å². The lowest BCUT2D eigenvalue weighted by molar-refractivity contribution is 0.384. The number of methoxy groups -OCH3 is 1. The first-order valence-electron chi connectivity index (χ1n) is 9.81. The number of sulfonamides is 1. The Kier molecular flexibility index (Phi) is 5.81. The quantitative estimate of drug-likeness (QED) is 0.598. The zero-order valence-electron chi connectivity index (χ0n) is 17.3. The Balaban J connectivity index is 1.53. The number of hydrogen-bond acceptors (Lipinski definition) is 6. The molecule has 0 saturated carbocycles. The molecule has 4 rings (SSSR count). The number of benzene rings is 2. The predicted octanol–water partition coefficient (Wildman–Crippen LogP) is 3.95. The maximum absolute atomic E-state index is 13.4. The molecule has 2 aromatic carbocycles. The van der Waals surface area contributed by atoms with E-state index >= 15 is 0 Å². The van der Waals surface area contributed by atoms with Crippen molar-refractivity contribution in [2.24, 2.45) is 0 Å². The fourth-order valence-electron chi connectivity index (χ4n) is 3.65. The van der Waals surface area contributed by atoms with Crippen LogP contribution in [-0.2, 0) is 10.0 Å². The molecule has 8 heteroatoms. The van der Waals surface area contributed by atoms with E-state index in [9.17, 15) is 8.42 Å². The third-order valence-corrected chi connectivity index (χ3v) is 8.21. The summed E-state index contributed by atoms with van der Waals surface area (Å²) in [5, 5.41) is 2.92. The van der Waals surface area contributed by atoms with Gasteiger partial charge in [-0.15, -0.1) is 11.3 Å². The van der Waals surface area contributed by atoms with Crippen molar-refractivity contribution in [2.75, 3.05) is 38.2 Å². The van der Waals surface area contributed by atoms with Crippen LogP contribution in [0, 0.1) is 13.8 Å². The molecule has 3 aromatic rings. The first-order chi connectivity index (χ1) is 14.4. The number of piperazine rings is 1. The van der Waals surface area contributed by atoms with Crippen LogP contribution in [0.15, 0.2) is 52.7 Å². The molecule has 0 spiro atoms. The van der Waals surface area contributed by atoms with Crippen LogP contribution in [0.2, 0.25) is 0 Å². The highest BCUT2D eigenvalue weighted by molar-refractivity contribution is 7.89. The fourth-order valence-corrected chi connectivity index (χ4v) is 5.95. The minimum atomic E-state index is -3.57. The number of nitrogens with zero attached hydrogens (tertiary/aromatic N) is 3. The van der Waals surface area contributed by atoms with E-state index in [1.54, 1.807) is 28.8 Å². The number of anilines is 1. The monoisotopic (exact) mass is 443 g/mol. The van der Waals surface area contributed by atoms with Gasteiger partial charge >= 0.3 is 0 Å². The normalized spacial score (nSPS) is 15.4. The Labute approximate surface area is 181 Å². The molecule has 1 aliphatic heterocycles. The molecule has 1 fully saturated rings. The highest BCUT2D eigenvalue weighted by Crippen LogP contribution is 2.29. The van der Waals surface area contributed by atoms with Gasteiger partial charge in [0.2, 0.25) is 10.0 Å². The summed E-state index contributed by atoms with van der Waals surface area (Å²) in [4.78, 5) is 7.06. The van der Waals surface area contributed by atoms with Gasteiger partial charge in [-0.3, -0.25) is 0 Å². The number of hydrogen-bond donors (Lipinski definition) is 0. The van der Waals surface area contributed by atoms with Crippen molar-refractivity contribution >= 4 is 27.0 Å². The predicted molar refractivity (Wildman–Crippen MR) is 121 cm³/mol. The Bertz CT molecular complexity index is 1130. The van der Waals surface area contributed by atoms with Crippen LogP contribution in [0.4, 0.5) is 5.69 Å². The molecular formula is C22H25N3O3S2. The lowest BCUT2D eigenvalue weighted by Gasteiger charge is -2.35. The van der Waals surface area contributed by atoms with Gasteiger partial charge in [0.15, 0.2) is 0 Å². The van der Waals surface area contributed by atoms with E-state index in [2.05, 4.69) is 9.88 Å². The Morgan fingerprint density at radius 3 is 2.30 bits per heavy atom. The number of aromatic nitrogens is 1. The van der Waals surface area contributed by atoms with Crippen LogP contribution in [0.5, 0.6) is 5.75 Å². The third kappa shape index (κ3) is 4.08. The summed E-state index contributed by atoms with van der Waals surface area (Å²) in [7, 11) is -1.93. The molecule has 6 nitrogen and oxygen atoms in total. The van der Waals surface area contributed by atoms with Crippen molar-refractivity contribution < 1.29 is 13.2 Å². The molecule has 0 radical (unpaired) electrons. The summed E-state index contributed by atoms with van der Waals surface area (Å²) >= 11 is 1.56. The summed E-state index contributed by atoms with van der Waals surface area (Å²) in [5.74, 6) is 0.811. The number of thiazole rings is 1. The standard InChI is InChI=1S/C22H25N3O3S2/c1-16-4-5-18(21-15-29-17(2)23-21)14-22(16)30(26,27)25-12-10-24(11-13-25)19-6-8-20(28-3)9-7-19/h4-9,14-15H,10-13H2,1-3H3. The van der Waals surface area contributed by atoms with Crippen molar-refractivity contribution in [3.8, 4) is 17.0 Å². The van der Waals surface area contributed by atoms with E-state index in [0.29, 0.717) is 31.1 Å². The van der Waals surface area contributed by atoms with Gasteiger partial charge in [0.05, 0.1) is 22.7 Å². The van der Waals surface area contributed by atoms with Gasteiger partial charge in [0.25, 0.3) is 0 Å². The molecule has 1 aliphatic rings. The Morgan fingerprint density at radius 2 is 1.70 bits per heavy atom. The Hall–Kier alpha value is -2.42. The van der Waals surface area contributed by atoms with Crippen LogP contribution in [0.3, 0.4) is 0 Å². The molecule has 0 bridgehead atoms. The first kappa shape index (κ1) is 20.8. The van der Waals surface area contributed by atoms with E-state index in [4.69, 9.17) is 4.74 Å².